The van der Waals surface area contributed by atoms with Gasteiger partial charge in [0.15, 0.2) is 0 Å². The molecule has 202 valence electrons. The number of esters is 1. The van der Waals surface area contributed by atoms with Crippen LogP contribution in [0.5, 0.6) is 0 Å². The van der Waals surface area contributed by atoms with E-state index in [4.69, 9.17) is 14.6 Å². The lowest BCUT2D eigenvalue weighted by molar-refractivity contribution is -0.143. The Morgan fingerprint density at radius 3 is 2.03 bits per heavy atom. The number of aliphatic hydroxyl groups excluding tert-OH is 1. The lowest BCUT2D eigenvalue weighted by Gasteiger charge is -2.23. The average molecular weight is 487 g/mol. The largest absolute Gasteiger partial charge is 0.466 e. The highest BCUT2D eigenvalue weighted by Crippen LogP contribution is 2.10. The second-order valence-electron chi connectivity index (χ2n) is 10.2. The van der Waals surface area contributed by atoms with Crippen molar-refractivity contribution in [3.63, 3.8) is 0 Å². The maximum absolute atomic E-state index is 11.8. The number of amides is 1. The molecule has 2 N–H and O–H groups in total. The highest BCUT2D eigenvalue weighted by atomic mass is 16.6. The number of carbonyl (C=O) groups is 2. The topological polar surface area (TPSA) is 88.1 Å². The number of unbranched alkanes of at least 4 members (excludes halogenated alkanes) is 10. The number of rotatable bonds is 22. The molecule has 0 saturated carbocycles. The zero-order valence-electron chi connectivity index (χ0n) is 22.7. The lowest BCUT2D eigenvalue weighted by Crippen LogP contribution is -2.38. The van der Waals surface area contributed by atoms with Gasteiger partial charge in [-0.15, -0.1) is 0 Å². The first-order chi connectivity index (χ1) is 16.3. The van der Waals surface area contributed by atoms with Gasteiger partial charge in [0.1, 0.15) is 5.60 Å². The van der Waals surface area contributed by atoms with Crippen molar-refractivity contribution < 1.29 is 24.2 Å². The summed E-state index contributed by atoms with van der Waals surface area (Å²) >= 11 is 0. The number of hydrogen-bond donors (Lipinski definition) is 2. The minimum Gasteiger partial charge on any atom is -0.466 e. The molecule has 0 aromatic heterocycles. The predicted octanol–water partition coefficient (Wildman–Crippen LogP) is 5.83. The van der Waals surface area contributed by atoms with E-state index in [1.54, 1.807) is 0 Å². The Kier molecular flexibility index (Phi) is 21.3. The quantitative estimate of drug-likeness (QED) is 0.148. The van der Waals surface area contributed by atoms with Gasteiger partial charge in [0, 0.05) is 32.7 Å². The molecule has 7 nitrogen and oxygen atoms in total. The maximum atomic E-state index is 11.8. The molecule has 0 aromatic carbocycles. The van der Waals surface area contributed by atoms with Crippen molar-refractivity contribution in [2.45, 2.75) is 123 Å². The molecule has 0 spiro atoms. The summed E-state index contributed by atoms with van der Waals surface area (Å²) in [5.74, 6) is -0.0568. The van der Waals surface area contributed by atoms with Gasteiger partial charge in [-0.25, -0.2) is 4.79 Å². The maximum Gasteiger partial charge on any atom is 0.407 e. The number of alkyl carbamates (subject to hydrolysis) is 1. The van der Waals surface area contributed by atoms with Gasteiger partial charge in [-0.1, -0.05) is 64.7 Å². The summed E-state index contributed by atoms with van der Waals surface area (Å²) < 4.78 is 10.6. The van der Waals surface area contributed by atoms with Crippen molar-refractivity contribution in [2.75, 3.05) is 39.4 Å². The van der Waals surface area contributed by atoms with Crippen molar-refractivity contribution >= 4 is 12.1 Å². The summed E-state index contributed by atoms with van der Waals surface area (Å²) in [6.07, 6.45) is 14.7. The van der Waals surface area contributed by atoms with E-state index in [0.29, 0.717) is 19.6 Å². The second kappa shape index (κ2) is 22.1. The van der Waals surface area contributed by atoms with Gasteiger partial charge in [0.2, 0.25) is 0 Å². The molecule has 0 heterocycles. The van der Waals surface area contributed by atoms with E-state index in [1.807, 2.05) is 20.8 Å². The number of aliphatic hydroxyl groups is 1. The fraction of sp³-hybridized carbons (Fsp3) is 0.926. The van der Waals surface area contributed by atoms with E-state index >= 15 is 0 Å². The minimum absolute atomic E-state index is 0.0568. The van der Waals surface area contributed by atoms with Crippen LogP contribution in [0.3, 0.4) is 0 Å². The van der Waals surface area contributed by atoms with Crippen LogP contribution in [0.1, 0.15) is 118 Å². The average Bonchev–Trinajstić information content (AvgIpc) is 2.76. The van der Waals surface area contributed by atoms with E-state index < -0.39 is 11.7 Å². The molecule has 1 amide bonds. The zero-order valence-corrected chi connectivity index (χ0v) is 22.7. The molecule has 7 heteroatoms. The molecule has 0 bridgehead atoms. The number of nitrogens with one attached hydrogen (secondary N) is 1. The Balaban J connectivity index is 3.72. The second-order valence-corrected chi connectivity index (χ2v) is 10.2. The summed E-state index contributed by atoms with van der Waals surface area (Å²) in [4.78, 5) is 25.9. The van der Waals surface area contributed by atoms with Gasteiger partial charge in [-0.05, 0) is 53.0 Å². The molecule has 0 rings (SSSR count). The van der Waals surface area contributed by atoms with Crippen LogP contribution in [-0.4, -0.2) is 67.1 Å². The monoisotopic (exact) mass is 486 g/mol. The SMILES string of the molecule is CCCCCCCCCOC(=O)CCCCCCCN(CCCO)CCNC(=O)OC(C)(C)C. The summed E-state index contributed by atoms with van der Waals surface area (Å²) in [5.41, 5.74) is -0.495. The van der Waals surface area contributed by atoms with Crippen molar-refractivity contribution in [1.29, 1.82) is 0 Å². The zero-order chi connectivity index (χ0) is 25.5. The summed E-state index contributed by atoms with van der Waals surface area (Å²) in [6, 6.07) is 0. The molecule has 0 aliphatic heterocycles. The highest BCUT2D eigenvalue weighted by Gasteiger charge is 2.16. The number of hydrogen-bond acceptors (Lipinski definition) is 6. The first-order valence-electron chi connectivity index (χ1n) is 13.7. The first kappa shape index (κ1) is 32.7. The fourth-order valence-corrected chi connectivity index (χ4v) is 3.71. The molecule has 0 fully saturated rings. The molecular formula is C27H54N2O5. The van der Waals surface area contributed by atoms with Crippen LogP contribution in [0.25, 0.3) is 0 Å². The van der Waals surface area contributed by atoms with Crippen LogP contribution >= 0.6 is 0 Å². The minimum atomic E-state index is -0.495. The van der Waals surface area contributed by atoms with Gasteiger partial charge in [0.25, 0.3) is 0 Å². The standard InChI is InChI=1S/C27H54N2O5/c1-5-6-7-8-9-13-16-24-33-25(31)18-14-11-10-12-15-20-29(21-17-23-30)22-19-28-26(32)34-27(2,3)4/h30H,5-24H2,1-4H3,(H,28,32). The van der Waals surface area contributed by atoms with E-state index in [2.05, 4.69) is 17.1 Å². The van der Waals surface area contributed by atoms with Crippen LogP contribution in [0, 0.1) is 0 Å². The third kappa shape index (κ3) is 23.8. The van der Waals surface area contributed by atoms with Crippen molar-refractivity contribution in [3.8, 4) is 0 Å². The first-order valence-corrected chi connectivity index (χ1v) is 13.7. The van der Waals surface area contributed by atoms with Crippen LogP contribution in [0.4, 0.5) is 4.79 Å². The Morgan fingerprint density at radius 2 is 1.38 bits per heavy atom. The van der Waals surface area contributed by atoms with E-state index in [0.717, 1.165) is 71.0 Å². The van der Waals surface area contributed by atoms with Crippen LogP contribution < -0.4 is 5.32 Å². The molecular weight excluding hydrogens is 432 g/mol. The summed E-state index contributed by atoms with van der Waals surface area (Å²) in [6.45, 7) is 11.5. The van der Waals surface area contributed by atoms with Gasteiger partial charge in [0.05, 0.1) is 6.61 Å². The molecule has 0 saturated heterocycles. The highest BCUT2D eigenvalue weighted by molar-refractivity contribution is 5.69. The van der Waals surface area contributed by atoms with Crippen LogP contribution in [0.15, 0.2) is 0 Å². The number of ether oxygens (including phenoxy) is 2. The predicted molar refractivity (Wildman–Crippen MR) is 139 cm³/mol. The molecule has 0 radical (unpaired) electrons. The van der Waals surface area contributed by atoms with E-state index in [-0.39, 0.29) is 12.6 Å². The van der Waals surface area contributed by atoms with Gasteiger partial charge < -0.3 is 24.8 Å². The summed E-state index contributed by atoms with van der Waals surface area (Å²) in [7, 11) is 0. The van der Waals surface area contributed by atoms with Crippen LogP contribution in [0.2, 0.25) is 0 Å². The van der Waals surface area contributed by atoms with Crippen molar-refractivity contribution in [3.05, 3.63) is 0 Å². The molecule has 0 atom stereocenters. The third-order valence-electron chi connectivity index (χ3n) is 5.59. The fourth-order valence-electron chi connectivity index (χ4n) is 3.71. The van der Waals surface area contributed by atoms with Crippen LogP contribution in [-0.2, 0) is 14.3 Å². The smallest absolute Gasteiger partial charge is 0.407 e. The Hall–Kier alpha value is -1.34. The molecule has 0 aliphatic rings. The van der Waals surface area contributed by atoms with Crippen molar-refractivity contribution in [1.82, 2.24) is 10.2 Å². The normalized spacial score (nSPS) is 11.6. The molecule has 34 heavy (non-hydrogen) atoms. The van der Waals surface area contributed by atoms with Gasteiger partial charge >= 0.3 is 12.1 Å². The molecule has 0 unspecified atom stereocenters. The van der Waals surface area contributed by atoms with E-state index in [9.17, 15) is 9.59 Å². The molecule has 0 aliphatic carbocycles. The Morgan fingerprint density at radius 1 is 0.794 bits per heavy atom. The third-order valence-corrected chi connectivity index (χ3v) is 5.59. The summed E-state index contributed by atoms with van der Waals surface area (Å²) in [5, 5.41) is 11.9. The van der Waals surface area contributed by atoms with Gasteiger partial charge in [-0.3, -0.25) is 4.79 Å². The number of nitrogens with zero attached hydrogens (tertiary/aromatic N) is 1. The Bertz CT molecular complexity index is 494. The van der Waals surface area contributed by atoms with Gasteiger partial charge in [-0.2, -0.15) is 0 Å². The lowest BCUT2D eigenvalue weighted by atomic mass is 10.1. The number of carbonyl (C=O) groups excluding carboxylic acids is 2. The Labute approximate surface area is 209 Å². The molecule has 0 aromatic rings. The van der Waals surface area contributed by atoms with Crippen molar-refractivity contribution in [2.24, 2.45) is 0 Å². The van der Waals surface area contributed by atoms with E-state index in [1.165, 1.54) is 32.1 Å².